The first-order valence-electron chi connectivity index (χ1n) is 7.70. The molecule has 0 bridgehead atoms. The van der Waals surface area contributed by atoms with E-state index in [0.29, 0.717) is 6.16 Å². The topological polar surface area (TPSA) is 46.5 Å². The van der Waals surface area contributed by atoms with Crippen LogP contribution in [0.5, 0.6) is 0 Å². The Balaban J connectivity index is 2.72. The molecular formula is C15H31O3PSi. The van der Waals surface area contributed by atoms with Gasteiger partial charge >= 0.3 is 0 Å². The molecule has 5 heteroatoms. The zero-order valence-corrected chi connectivity index (χ0v) is 15.8. The molecule has 0 aromatic carbocycles. The van der Waals surface area contributed by atoms with E-state index >= 15 is 0 Å². The van der Waals surface area contributed by atoms with Gasteiger partial charge in [0.05, 0.1) is 6.10 Å². The summed E-state index contributed by atoms with van der Waals surface area (Å²) in [6.45, 7) is 13.2. The van der Waals surface area contributed by atoms with Crippen LogP contribution in [-0.2, 0) is 8.99 Å². The monoisotopic (exact) mass is 318 g/mol. The first kappa shape index (κ1) is 18.2. The Bertz CT molecular complexity index is 410. The van der Waals surface area contributed by atoms with E-state index in [1.165, 1.54) is 0 Å². The lowest BCUT2D eigenvalue weighted by Crippen LogP contribution is -2.43. The summed E-state index contributed by atoms with van der Waals surface area (Å²) in [7, 11) is -4.90. The molecule has 0 aliphatic heterocycles. The molecule has 0 saturated heterocycles. The minimum absolute atomic E-state index is 0.0352. The van der Waals surface area contributed by atoms with Gasteiger partial charge in [-0.2, -0.15) is 0 Å². The first-order valence-corrected chi connectivity index (χ1v) is 12.5. The number of unbranched alkanes of at least 4 members (excludes halogenated alkanes) is 1. The molecule has 3 nitrogen and oxygen atoms in total. The Morgan fingerprint density at radius 2 is 2.05 bits per heavy atom. The van der Waals surface area contributed by atoms with Gasteiger partial charge in [0, 0.05) is 11.5 Å². The molecule has 0 aromatic rings. The predicted molar refractivity (Wildman–Crippen MR) is 89.0 cm³/mol. The zero-order chi connectivity index (χ0) is 15.6. The highest BCUT2D eigenvalue weighted by Crippen LogP contribution is 2.55. The van der Waals surface area contributed by atoms with Crippen LogP contribution in [0.1, 0.15) is 53.4 Å². The fourth-order valence-corrected chi connectivity index (χ4v) is 5.33. The Morgan fingerprint density at radius 1 is 1.45 bits per heavy atom. The maximum atomic E-state index is 12.3. The lowest BCUT2D eigenvalue weighted by atomic mass is 10.2. The van der Waals surface area contributed by atoms with Gasteiger partial charge in [0.15, 0.2) is 8.32 Å². The summed E-state index contributed by atoms with van der Waals surface area (Å²) in [5, 5.41) is 0.920. The number of hydrogen-bond donors (Lipinski definition) is 1. The van der Waals surface area contributed by atoms with E-state index in [2.05, 4.69) is 33.9 Å². The van der Waals surface area contributed by atoms with E-state index < -0.39 is 15.7 Å². The van der Waals surface area contributed by atoms with E-state index in [-0.39, 0.29) is 11.1 Å². The van der Waals surface area contributed by atoms with Gasteiger partial charge in [-0.15, -0.1) is 0 Å². The van der Waals surface area contributed by atoms with Gasteiger partial charge in [0.25, 0.3) is 0 Å². The average molecular weight is 318 g/mol. The van der Waals surface area contributed by atoms with Crippen molar-refractivity contribution in [1.29, 1.82) is 0 Å². The van der Waals surface area contributed by atoms with Crippen molar-refractivity contribution in [2.24, 2.45) is 0 Å². The van der Waals surface area contributed by atoms with Crippen LogP contribution < -0.4 is 0 Å². The normalized spacial score (nSPS) is 23.6. The van der Waals surface area contributed by atoms with Gasteiger partial charge in [-0.1, -0.05) is 34.1 Å². The quantitative estimate of drug-likeness (QED) is 0.546. The second-order valence-electron chi connectivity index (χ2n) is 7.39. The summed E-state index contributed by atoms with van der Waals surface area (Å²) in [4.78, 5) is 10.2. The summed E-state index contributed by atoms with van der Waals surface area (Å²) in [5.74, 6) is 0. The maximum Gasteiger partial charge on any atom is 0.225 e. The summed E-state index contributed by atoms with van der Waals surface area (Å²) >= 11 is 0. The third-order valence-corrected chi connectivity index (χ3v) is 11.3. The second-order valence-corrected chi connectivity index (χ2v) is 14.6. The van der Waals surface area contributed by atoms with Crippen molar-refractivity contribution < 1.29 is 13.9 Å². The van der Waals surface area contributed by atoms with E-state index in [1.54, 1.807) is 0 Å². The van der Waals surface area contributed by atoms with Gasteiger partial charge in [0.1, 0.15) is 0 Å². The van der Waals surface area contributed by atoms with Crippen LogP contribution >= 0.6 is 7.37 Å². The molecule has 0 aromatic heterocycles. The minimum Gasteiger partial charge on any atom is -0.411 e. The van der Waals surface area contributed by atoms with Crippen molar-refractivity contribution in [2.45, 2.75) is 77.6 Å². The average Bonchev–Trinajstić information content (AvgIpc) is 2.73. The van der Waals surface area contributed by atoms with Crippen molar-refractivity contribution in [3.63, 3.8) is 0 Å². The maximum absolute atomic E-state index is 12.3. The van der Waals surface area contributed by atoms with Crippen LogP contribution in [0.4, 0.5) is 0 Å². The highest BCUT2D eigenvalue weighted by atomic mass is 31.2. The Hall–Kier alpha value is 0.107. The largest absolute Gasteiger partial charge is 0.411 e. The predicted octanol–water partition coefficient (Wildman–Crippen LogP) is 5.13. The van der Waals surface area contributed by atoms with E-state index in [9.17, 15) is 9.46 Å². The van der Waals surface area contributed by atoms with Crippen LogP contribution in [0.15, 0.2) is 11.4 Å². The molecule has 0 fully saturated rings. The van der Waals surface area contributed by atoms with Crippen LogP contribution in [0.25, 0.3) is 0 Å². The number of hydrogen-bond acceptors (Lipinski definition) is 2. The Morgan fingerprint density at radius 3 is 2.55 bits per heavy atom. The molecule has 2 unspecified atom stereocenters. The lowest BCUT2D eigenvalue weighted by molar-refractivity contribution is 0.224. The van der Waals surface area contributed by atoms with Crippen LogP contribution in [0.3, 0.4) is 0 Å². The highest BCUT2D eigenvalue weighted by molar-refractivity contribution is 7.62. The highest BCUT2D eigenvalue weighted by Gasteiger charge is 2.40. The molecule has 118 valence electrons. The Labute approximate surface area is 125 Å². The number of rotatable bonds is 6. The standard InChI is InChI=1S/C15H31O3PSi/c1-7-8-11-19(16,17)14-10-9-13(12-14)18-20(5,6)15(2,3)4/h12-13H,7-11H2,1-6H3,(H,16,17). The molecule has 1 N–H and O–H groups in total. The van der Waals surface area contributed by atoms with Crippen molar-refractivity contribution in [3.05, 3.63) is 11.4 Å². The van der Waals surface area contributed by atoms with Crippen molar-refractivity contribution in [2.75, 3.05) is 6.16 Å². The molecule has 0 saturated carbocycles. The van der Waals surface area contributed by atoms with Crippen LogP contribution in [0, 0.1) is 0 Å². The molecule has 20 heavy (non-hydrogen) atoms. The summed E-state index contributed by atoms with van der Waals surface area (Å²) in [6.07, 6.45) is 5.75. The summed E-state index contributed by atoms with van der Waals surface area (Å²) in [6, 6.07) is 0. The van der Waals surface area contributed by atoms with E-state index in [0.717, 1.165) is 31.0 Å². The summed E-state index contributed by atoms with van der Waals surface area (Å²) < 4.78 is 18.6. The van der Waals surface area contributed by atoms with Gasteiger partial charge in [-0.25, -0.2) is 0 Å². The molecule has 0 spiro atoms. The third kappa shape index (κ3) is 4.56. The van der Waals surface area contributed by atoms with E-state index in [4.69, 9.17) is 4.43 Å². The number of allylic oxidation sites excluding steroid dienone is 1. The Kier molecular flexibility index (Phi) is 5.88. The second kappa shape index (κ2) is 6.47. The lowest BCUT2D eigenvalue weighted by Gasteiger charge is -2.38. The van der Waals surface area contributed by atoms with Crippen molar-refractivity contribution >= 4 is 15.7 Å². The van der Waals surface area contributed by atoms with Crippen molar-refractivity contribution in [3.8, 4) is 0 Å². The molecule has 0 heterocycles. The summed E-state index contributed by atoms with van der Waals surface area (Å²) in [5.41, 5.74) is 0. The molecule has 1 aliphatic rings. The van der Waals surface area contributed by atoms with Crippen LogP contribution in [0.2, 0.25) is 18.1 Å². The fraction of sp³-hybridized carbons (Fsp3) is 0.867. The zero-order valence-electron chi connectivity index (χ0n) is 13.9. The molecule has 1 aliphatic carbocycles. The van der Waals surface area contributed by atoms with Crippen molar-refractivity contribution in [1.82, 2.24) is 0 Å². The molecule has 0 radical (unpaired) electrons. The minimum atomic E-state index is -3.10. The smallest absolute Gasteiger partial charge is 0.225 e. The molecule has 0 amide bonds. The van der Waals surface area contributed by atoms with E-state index in [1.807, 2.05) is 13.0 Å². The first-order chi connectivity index (χ1) is 8.99. The van der Waals surface area contributed by atoms with Gasteiger partial charge in [-0.3, -0.25) is 4.57 Å². The SMILES string of the molecule is CCCCP(=O)(O)C1=CC(O[Si](C)(C)C(C)(C)C)CC1. The molecule has 1 rings (SSSR count). The van der Waals surface area contributed by atoms with Gasteiger partial charge in [0.2, 0.25) is 7.37 Å². The van der Waals surface area contributed by atoms with Crippen LogP contribution in [-0.4, -0.2) is 25.5 Å². The van der Waals surface area contributed by atoms with Gasteiger partial charge < -0.3 is 9.32 Å². The molecular weight excluding hydrogens is 287 g/mol. The molecule has 2 atom stereocenters. The fourth-order valence-electron chi connectivity index (χ4n) is 2.13. The van der Waals surface area contributed by atoms with Gasteiger partial charge in [-0.05, 0) is 43.5 Å². The third-order valence-electron chi connectivity index (χ3n) is 4.58.